The van der Waals surface area contributed by atoms with E-state index in [4.69, 9.17) is 9.47 Å². The molecule has 1 amide bonds. The first-order valence-electron chi connectivity index (χ1n) is 8.58. The molecule has 0 saturated carbocycles. The van der Waals surface area contributed by atoms with E-state index in [1.165, 1.54) is 0 Å². The Morgan fingerprint density at radius 3 is 2.07 bits per heavy atom. The van der Waals surface area contributed by atoms with Gasteiger partial charge in [0.1, 0.15) is 6.10 Å². The molecule has 1 aromatic rings. The number of carbonyl (C=O) groups excluding carboxylic acids is 2. The fourth-order valence-electron chi connectivity index (χ4n) is 2.54. The van der Waals surface area contributed by atoms with Gasteiger partial charge in [0.25, 0.3) is 0 Å². The van der Waals surface area contributed by atoms with Crippen LogP contribution in [-0.2, 0) is 19.1 Å². The maximum Gasteiger partial charge on any atom is 0.313 e. The number of amides is 1. The van der Waals surface area contributed by atoms with Crippen molar-refractivity contribution in [1.82, 2.24) is 5.32 Å². The Labute approximate surface area is 163 Å². The number of hydrogen-bond donors (Lipinski definition) is 1. The molecule has 29 heavy (non-hydrogen) atoms. The van der Waals surface area contributed by atoms with Gasteiger partial charge in [0.2, 0.25) is 40.7 Å². The number of rotatable bonds is 5. The minimum atomic E-state index is -2.37. The molecular weight excluding hydrogens is 405 g/mol. The van der Waals surface area contributed by atoms with Crippen LogP contribution in [0.3, 0.4) is 0 Å². The summed E-state index contributed by atoms with van der Waals surface area (Å²) in [5.74, 6) is -15.9. The number of carbonyl (C=O) groups is 2. The molecule has 1 fully saturated rings. The van der Waals surface area contributed by atoms with Crippen LogP contribution in [0.5, 0.6) is 5.75 Å². The molecule has 0 radical (unpaired) electrons. The minimum absolute atomic E-state index is 0.236. The van der Waals surface area contributed by atoms with Crippen LogP contribution >= 0.6 is 0 Å². The lowest BCUT2D eigenvalue weighted by atomic mass is 9.85. The van der Waals surface area contributed by atoms with Gasteiger partial charge in [-0.05, 0) is 13.8 Å². The van der Waals surface area contributed by atoms with Gasteiger partial charge in [0.15, 0.2) is 5.79 Å². The summed E-state index contributed by atoms with van der Waals surface area (Å²) in [5.41, 5.74) is -0.671. The summed E-state index contributed by atoms with van der Waals surface area (Å²) >= 11 is 0. The van der Waals surface area contributed by atoms with Gasteiger partial charge in [-0.1, -0.05) is 13.8 Å². The molecule has 1 heterocycles. The van der Waals surface area contributed by atoms with Crippen LogP contribution in [-0.4, -0.2) is 36.9 Å². The van der Waals surface area contributed by atoms with E-state index < -0.39 is 70.4 Å². The van der Waals surface area contributed by atoms with E-state index in [2.05, 4.69) is 10.1 Å². The summed E-state index contributed by atoms with van der Waals surface area (Å²) in [4.78, 5) is 24.1. The molecule has 6 nitrogen and oxygen atoms in total. The fraction of sp³-hybridized carbons (Fsp3) is 0.556. The summed E-state index contributed by atoms with van der Waals surface area (Å²) in [6.07, 6.45) is -1.49. The second-order valence-corrected chi connectivity index (χ2v) is 7.59. The summed E-state index contributed by atoms with van der Waals surface area (Å²) in [6.45, 7) is 6.66. The Hall–Kier alpha value is -2.27. The average molecular weight is 425 g/mol. The van der Waals surface area contributed by atoms with Crippen LogP contribution in [0.2, 0.25) is 0 Å². The maximum absolute atomic E-state index is 13.5. The molecule has 1 unspecified atom stereocenters. The van der Waals surface area contributed by atoms with Crippen LogP contribution in [0.15, 0.2) is 0 Å². The quantitative estimate of drug-likeness (QED) is 0.258. The van der Waals surface area contributed by atoms with E-state index in [1.807, 2.05) is 0 Å². The van der Waals surface area contributed by atoms with Crippen LogP contribution in [0, 0.1) is 34.5 Å². The van der Waals surface area contributed by atoms with Crippen molar-refractivity contribution in [2.45, 2.75) is 46.0 Å². The second-order valence-electron chi connectivity index (χ2n) is 7.59. The Bertz CT molecular complexity index is 798. The topological polar surface area (TPSA) is 73.9 Å². The highest BCUT2D eigenvalue weighted by Gasteiger charge is 2.45. The van der Waals surface area contributed by atoms with Gasteiger partial charge in [0, 0.05) is 12.0 Å². The molecular formula is C18H20F5NO5. The lowest BCUT2D eigenvalue weighted by molar-refractivity contribution is -0.304. The van der Waals surface area contributed by atoms with E-state index in [0.29, 0.717) is 0 Å². The first kappa shape index (κ1) is 23.0. The standard InChI is InChI=1S/C18H20F5NO5/c1-17(2)7-27-18(3,4)29-15(17)16(26)24-6-5-8(25)28-14-12(22)10(20)9(19)11(21)13(14)23/h15H,5-7H2,1-4H3,(H,24,26). The summed E-state index contributed by atoms with van der Waals surface area (Å²) in [6, 6.07) is 0. The monoisotopic (exact) mass is 425 g/mol. The highest BCUT2D eigenvalue weighted by molar-refractivity contribution is 5.82. The molecule has 0 aliphatic carbocycles. The van der Waals surface area contributed by atoms with Crippen molar-refractivity contribution in [3.63, 3.8) is 0 Å². The first-order chi connectivity index (χ1) is 13.3. The zero-order chi connectivity index (χ0) is 22.1. The van der Waals surface area contributed by atoms with E-state index >= 15 is 0 Å². The van der Waals surface area contributed by atoms with Gasteiger partial charge in [-0.3, -0.25) is 9.59 Å². The van der Waals surface area contributed by atoms with Crippen molar-refractivity contribution in [2.24, 2.45) is 5.41 Å². The highest BCUT2D eigenvalue weighted by Crippen LogP contribution is 2.35. The van der Waals surface area contributed by atoms with Gasteiger partial charge in [0.05, 0.1) is 13.0 Å². The van der Waals surface area contributed by atoms with E-state index in [9.17, 15) is 31.5 Å². The molecule has 0 spiro atoms. The molecule has 1 aromatic carbocycles. The highest BCUT2D eigenvalue weighted by atomic mass is 19.2. The van der Waals surface area contributed by atoms with E-state index in [0.717, 1.165) is 0 Å². The number of hydrogen-bond acceptors (Lipinski definition) is 5. The smallest absolute Gasteiger partial charge is 0.313 e. The molecule has 2 rings (SSSR count). The minimum Gasteiger partial charge on any atom is -0.420 e. The fourth-order valence-corrected chi connectivity index (χ4v) is 2.54. The van der Waals surface area contributed by atoms with Crippen molar-refractivity contribution in [1.29, 1.82) is 0 Å². The zero-order valence-corrected chi connectivity index (χ0v) is 16.1. The second kappa shape index (κ2) is 8.23. The van der Waals surface area contributed by atoms with Crippen LogP contribution in [0.25, 0.3) is 0 Å². The average Bonchev–Trinajstić information content (AvgIpc) is 2.64. The lowest BCUT2D eigenvalue weighted by Crippen LogP contribution is -2.56. The Morgan fingerprint density at radius 1 is 1.00 bits per heavy atom. The van der Waals surface area contributed by atoms with Crippen molar-refractivity contribution in [3.05, 3.63) is 29.1 Å². The molecule has 162 valence electrons. The molecule has 1 aliphatic heterocycles. The summed E-state index contributed by atoms with van der Waals surface area (Å²) < 4.78 is 81.6. The molecule has 1 saturated heterocycles. The maximum atomic E-state index is 13.5. The van der Waals surface area contributed by atoms with Crippen LogP contribution < -0.4 is 10.1 Å². The Kier molecular flexibility index (Phi) is 6.53. The zero-order valence-electron chi connectivity index (χ0n) is 16.1. The van der Waals surface area contributed by atoms with Gasteiger partial charge < -0.3 is 19.5 Å². The number of ether oxygens (including phenoxy) is 3. The third-order valence-corrected chi connectivity index (χ3v) is 4.16. The molecule has 1 aliphatic rings. The van der Waals surface area contributed by atoms with Crippen molar-refractivity contribution < 1.29 is 45.8 Å². The summed E-state index contributed by atoms with van der Waals surface area (Å²) in [5, 5.41) is 2.41. The largest absolute Gasteiger partial charge is 0.420 e. The van der Waals surface area contributed by atoms with Gasteiger partial charge in [-0.15, -0.1) is 0 Å². The predicted molar refractivity (Wildman–Crippen MR) is 88.2 cm³/mol. The van der Waals surface area contributed by atoms with E-state index in [-0.39, 0.29) is 13.2 Å². The molecule has 0 bridgehead atoms. The van der Waals surface area contributed by atoms with Crippen molar-refractivity contribution in [2.75, 3.05) is 13.2 Å². The lowest BCUT2D eigenvalue weighted by Gasteiger charge is -2.44. The van der Waals surface area contributed by atoms with Gasteiger partial charge in [-0.2, -0.15) is 8.78 Å². The Balaban J connectivity index is 1.96. The molecule has 1 N–H and O–H groups in total. The number of benzene rings is 1. The van der Waals surface area contributed by atoms with Crippen molar-refractivity contribution >= 4 is 11.9 Å². The number of halogens is 5. The third kappa shape index (κ3) is 5.02. The van der Waals surface area contributed by atoms with Crippen molar-refractivity contribution in [3.8, 4) is 5.75 Å². The predicted octanol–water partition coefficient (Wildman–Crippen LogP) is 2.97. The molecule has 1 atom stereocenters. The molecule has 0 aromatic heterocycles. The third-order valence-electron chi connectivity index (χ3n) is 4.16. The summed E-state index contributed by atoms with van der Waals surface area (Å²) in [7, 11) is 0. The SMILES string of the molecule is CC1(C)OCC(C)(C)C(C(=O)NCCC(=O)Oc2c(F)c(F)c(F)c(F)c2F)O1. The van der Waals surface area contributed by atoms with Gasteiger partial charge in [-0.25, -0.2) is 13.2 Å². The van der Waals surface area contributed by atoms with Crippen LogP contribution in [0.1, 0.15) is 34.1 Å². The Morgan fingerprint density at radius 2 is 1.52 bits per heavy atom. The number of nitrogens with one attached hydrogen (secondary N) is 1. The molecule has 11 heteroatoms. The number of esters is 1. The first-order valence-corrected chi connectivity index (χ1v) is 8.58. The van der Waals surface area contributed by atoms with Crippen LogP contribution in [0.4, 0.5) is 22.0 Å². The van der Waals surface area contributed by atoms with E-state index in [1.54, 1.807) is 27.7 Å². The normalized spacial score (nSPS) is 20.2. The van der Waals surface area contributed by atoms with Gasteiger partial charge >= 0.3 is 5.97 Å².